The Labute approximate surface area is 184 Å². The molecule has 31 heavy (non-hydrogen) atoms. The van der Waals surface area contributed by atoms with E-state index in [4.69, 9.17) is 13.9 Å². The van der Waals surface area contributed by atoms with Crippen LogP contribution in [0.4, 0.5) is 0 Å². The third-order valence-corrected chi connectivity index (χ3v) is 9.51. The highest BCUT2D eigenvalue weighted by molar-refractivity contribution is 6.74. The first-order chi connectivity index (χ1) is 14.4. The third kappa shape index (κ3) is 6.99. The van der Waals surface area contributed by atoms with Gasteiger partial charge in [-0.05, 0) is 48.0 Å². The Bertz CT molecular complexity index is 958. The number of carboxylic acids is 1. The van der Waals surface area contributed by atoms with Crippen molar-refractivity contribution in [2.24, 2.45) is 0 Å². The smallest absolute Gasteiger partial charge is 0.371 e. The van der Waals surface area contributed by atoms with Crippen LogP contribution in [0.5, 0.6) is 11.5 Å². The Morgan fingerprint density at radius 1 is 1.06 bits per heavy atom. The first-order valence-electron chi connectivity index (χ1n) is 10.0. The fraction of sp³-hybridized carbons (Fsp3) is 0.333. The van der Waals surface area contributed by atoms with Gasteiger partial charge in [-0.25, -0.2) is 4.79 Å². The second-order valence-corrected chi connectivity index (χ2v) is 13.5. The average molecular weight is 443 g/mol. The topological polar surface area (TPSA) is 82.1 Å². The van der Waals surface area contributed by atoms with Gasteiger partial charge in [0.1, 0.15) is 18.1 Å². The average Bonchev–Trinajstić information content (AvgIpc) is 2.66. The molecule has 0 saturated carbocycles. The van der Waals surface area contributed by atoms with Crippen LogP contribution in [0, 0.1) is 0 Å². The molecule has 6 nitrogen and oxygen atoms in total. The number of benzene rings is 2. The number of aliphatic carboxylic acids is 1. The second kappa shape index (κ2) is 9.83. The summed E-state index contributed by atoms with van der Waals surface area (Å²) >= 11 is 0. The molecule has 0 atom stereocenters. The lowest BCUT2D eigenvalue weighted by Gasteiger charge is -2.36. The Morgan fingerprint density at radius 3 is 2.26 bits per heavy atom. The number of carbonyl (C=O) groups excluding carboxylic acids is 1. The molecule has 0 fully saturated rings. The lowest BCUT2D eigenvalue weighted by Crippen LogP contribution is -2.43. The predicted octanol–water partition coefficient (Wildman–Crippen LogP) is 5.64. The summed E-state index contributed by atoms with van der Waals surface area (Å²) in [7, 11) is -2.11. The summed E-state index contributed by atoms with van der Waals surface area (Å²) < 4.78 is 17.1. The van der Waals surface area contributed by atoms with Crippen LogP contribution >= 0.6 is 0 Å². The summed E-state index contributed by atoms with van der Waals surface area (Å²) in [6, 6.07) is 14.9. The van der Waals surface area contributed by atoms with E-state index in [2.05, 4.69) is 33.9 Å². The number of esters is 1. The van der Waals surface area contributed by atoms with Crippen LogP contribution in [0.15, 0.2) is 54.3 Å². The third-order valence-electron chi connectivity index (χ3n) is 5.15. The minimum atomic E-state index is -2.11. The van der Waals surface area contributed by atoms with Crippen LogP contribution in [0.2, 0.25) is 18.1 Å². The quantitative estimate of drug-likeness (QED) is 0.247. The molecule has 2 aromatic rings. The number of carbonyl (C=O) groups is 2. The first-order valence-corrected chi connectivity index (χ1v) is 12.9. The highest BCUT2D eigenvalue weighted by Crippen LogP contribution is 2.38. The maximum atomic E-state index is 11.6. The molecule has 0 aromatic heterocycles. The maximum absolute atomic E-state index is 11.6. The van der Waals surface area contributed by atoms with Crippen molar-refractivity contribution in [2.75, 3.05) is 0 Å². The lowest BCUT2D eigenvalue weighted by atomic mass is 10.1. The van der Waals surface area contributed by atoms with Gasteiger partial charge in [0.2, 0.25) is 14.1 Å². The molecule has 2 aromatic carbocycles. The molecule has 0 amide bonds. The van der Waals surface area contributed by atoms with E-state index in [9.17, 15) is 14.7 Å². The molecule has 2 rings (SSSR count). The number of hydrogen-bond donors (Lipinski definition) is 1. The Morgan fingerprint density at radius 2 is 1.71 bits per heavy atom. The fourth-order valence-corrected chi connectivity index (χ4v) is 3.47. The summed E-state index contributed by atoms with van der Waals surface area (Å²) in [5, 5.41) is 9.43. The van der Waals surface area contributed by atoms with Gasteiger partial charge >= 0.3 is 11.9 Å². The molecule has 0 aliphatic carbocycles. The molecule has 0 aliphatic rings. The standard InChI is InChI=1S/C24H30O6Si/c1-17(25)29-22(23(26)27)15-19-14-20(30-31(5,6)24(2,3)4)12-13-21(19)28-16-18-10-8-7-9-11-18/h7-15H,16H2,1-6H3,(H,26,27)/b22-15-. The van der Waals surface area contributed by atoms with Crippen molar-refractivity contribution in [2.45, 2.75) is 52.4 Å². The lowest BCUT2D eigenvalue weighted by molar-refractivity contribution is -0.146. The molecular formula is C24H30O6Si. The summed E-state index contributed by atoms with van der Waals surface area (Å²) in [4.78, 5) is 22.9. The molecule has 0 spiro atoms. The van der Waals surface area contributed by atoms with Crippen molar-refractivity contribution in [3.8, 4) is 11.5 Å². The van der Waals surface area contributed by atoms with Crippen molar-refractivity contribution in [1.82, 2.24) is 0 Å². The van der Waals surface area contributed by atoms with E-state index in [1.165, 1.54) is 6.08 Å². The fourth-order valence-electron chi connectivity index (χ4n) is 2.45. The van der Waals surface area contributed by atoms with Crippen LogP contribution < -0.4 is 9.16 Å². The van der Waals surface area contributed by atoms with E-state index in [1.54, 1.807) is 12.1 Å². The normalized spacial score (nSPS) is 12.3. The summed E-state index contributed by atoms with van der Waals surface area (Å²) in [6.07, 6.45) is 1.28. The van der Waals surface area contributed by atoms with E-state index < -0.39 is 26.0 Å². The van der Waals surface area contributed by atoms with E-state index in [1.807, 2.05) is 36.4 Å². The van der Waals surface area contributed by atoms with Crippen molar-refractivity contribution in [1.29, 1.82) is 0 Å². The van der Waals surface area contributed by atoms with Crippen LogP contribution in [0.25, 0.3) is 6.08 Å². The van der Waals surface area contributed by atoms with Gasteiger partial charge in [0, 0.05) is 12.5 Å². The van der Waals surface area contributed by atoms with E-state index in [0.29, 0.717) is 23.7 Å². The van der Waals surface area contributed by atoms with Crippen LogP contribution in [-0.2, 0) is 20.9 Å². The molecule has 0 radical (unpaired) electrons. The second-order valence-electron chi connectivity index (χ2n) is 8.74. The molecule has 0 bridgehead atoms. The van der Waals surface area contributed by atoms with Crippen molar-refractivity contribution >= 4 is 26.3 Å². The zero-order chi connectivity index (χ0) is 23.2. The van der Waals surface area contributed by atoms with E-state index >= 15 is 0 Å². The van der Waals surface area contributed by atoms with Crippen LogP contribution in [0.3, 0.4) is 0 Å². The highest BCUT2D eigenvalue weighted by atomic mass is 28.4. The van der Waals surface area contributed by atoms with Gasteiger partial charge in [-0.3, -0.25) is 4.79 Å². The summed E-state index contributed by atoms with van der Waals surface area (Å²) in [5.74, 6) is -1.48. The van der Waals surface area contributed by atoms with Gasteiger partial charge in [-0.15, -0.1) is 0 Å². The Kier molecular flexibility index (Phi) is 7.68. The van der Waals surface area contributed by atoms with Crippen molar-refractivity contribution < 1.29 is 28.6 Å². The Hall–Kier alpha value is -3.06. The van der Waals surface area contributed by atoms with Crippen LogP contribution in [-0.4, -0.2) is 25.4 Å². The van der Waals surface area contributed by atoms with Gasteiger partial charge in [0.05, 0.1) is 0 Å². The SMILES string of the molecule is CC(=O)O/C(=C\c1cc(O[Si](C)(C)C(C)(C)C)ccc1OCc1ccccc1)C(=O)O. The molecule has 0 unspecified atom stereocenters. The largest absolute Gasteiger partial charge is 0.543 e. The zero-order valence-corrected chi connectivity index (χ0v) is 19.9. The molecule has 7 heteroatoms. The van der Waals surface area contributed by atoms with Gasteiger partial charge in [0.25, 0.3) is 0 Å². The molecule has 0 aliphatic heterocycles. The monoisotopic (exact) mass is 442 g/mol. The molecular weight excluding hydrogens is 412 g/mol. The minimum absolute atomic E-state index is 0.00451. The minimum Gasteiger partial charge on any atom is -0.543 e. The predicted molar refractivity (Wildman–Crippen MR) is 122 cm³/mol. The number of rotatable bonds is 8. The van der Waals surface area contributed by atoms with Gasteiger partial charge in [0.15, 0.2) is 0 Å². The van der Waals surface area contributed by atoms with Crippen molar-refractivity contribution in [3.05, 3.63) is 65.4 Å². The number of carboxylic acid groups (broad SMARTS) is 1. The number of hydrogen-bond acceptors (Lipinski definition) is 5. The van der Waals surface area contributed by atoms with Crippen molar-refractivity contribution in [3.63, 3.8) is 0 Å². The molecule has 0 heterocycles. The number of ether oxygens (including phenoxy) is 2. The Balaban J connectivity index is 2.44. The highest BCUT2D eigenvalue weighted by Gasteiger charge is 2.39. The van der Waals surface area contributed by atoms with Gasteiger partial charge < -0.3 is 19.0 Å². The summed E-state index contributed by atoms with van der Waals surface area (Å²) in [6.45, 7) is 12.1. The van der Waals surface area contributed by atoms with E-state index in [-0.39, 0.29) is 5.04 Å². The molecule has 166 valence electrons. The first kappa shape index (κ1) is 24.2. The molecule has 1 N–H and O–H groups in total. The zero-order valence-electron chi connectivity index (χ0n) is 18.9. The molecule has 0 saturated heterocycles. The summed E-state index contributed by atoms with van der Waals surface area (Å²) in [5.41, 5.74) is 1.42. The van der Waals surface area contributed by atoms with Crippen LogP contribution in [0.1, 0.15) is 38.8 Å². The van der Waals surface area contributed by atoms with E-state index in [0.717, 1.165) is 12.5 Å². The maximum Gasteiger partial charge on any atom is 0.371 e. The van der Waals surface area contributed by atoms with Gasteiger partial charge in [-0.1, -0.05) is 51.1 Å². The van der Waals surface area contributed by atoms with Gasteiger partial charge in [-0.2, -0.15) is 0 Å².